The van der Waals surface area contributed by atoms with Crippen molar-refractivity contribution in [2.24, 2.45) is 0 Å². The maximum Gasteiger partial charge on any atom is 0.146 e. The largest absolute Gasteiger partial charge is 0.497 e. The van der Waals surface area contributed by atoms with E-state index in [9.17, 15) is 0 Å². The summed E-state index contributed by atoms with van der Waals surface area (Å²) in [7, 11) is 1.66. The van der Waals surface area contributed by atoms with E-state index in [2.05, 4.69) is 22.3 Å². The number of nitrogens with zero attached hydrogens (tertiary/aromatic N) is 3. The van der Waals surface area contributed by atoms with E-state index in [1.54, 1.807) is 13.4 Å². The molecule has 0 saturated carbocycles. The fourth-order valence-electron chi connectivity index (χ4n) is 1.74. The van der Waals surface area contributed by atoms with E-state index in [1.165, 1.54) is 0 Å². The third-order valence-corrected chi connectivity index (χ3v) is 2.65. The first-order valence-corrected chi connectivity index (χ1v) is 6.08. The van der Waals surface area contributed by atoms with Gasteiger partial charge >= 0.3 is 0 Å². The molecule has 1 aromatic carbocycles. The molecule has 2 aromatic rings. The summed E-state index contributed by atoms with van der Waals surface area (Å²) < 4.78 is 7.10. The molecule has 2 rings (SSSR count). The minimum absolute atomic E-state index is 0.660. The first-order chi connectivity index (χ1) is 8.83. The van der Waals surface area contributed by atoms with Crippen molar-refractivity contribution in [2.75, 3.05) is 12.4 Å². The highest BCUT2D eigenvalue weighted by Crippen LogP contribution is 2.17. The van der Waals surface area contributed by atoms with Gasteiger partial charge in [-0.25, -0.2) is 9.67 Å². The molecule has 1 heterocycles. The summed E-state index contributed by atoms with van der Waals surface area (Å²) >= 11 is 0. The minimum Gasteiger partial charge on any atom is -0.497 e. The first kappa shape index (κ1) is 12.4. The molecule has 96 valence electrons. The summed E-state index contributed by atoms with van der Waals surface area (Å²) in [5.74, 6) is 1.79. The normalized spacial score (nSPS) is 10.3. The monoisotopic (exact) mass is 246 g/mol. The van der Waals surface area contributed by atoms with Crippen LogP contribution in [0.5, 0.6) is 5.75 Å². The van der Waals surface area contributed by atoms with Crippen LogP contribution >= 0.6 is 0 Å². The Kier molecular flexibility index (Phi) is 4.17. The number of aryl methyl sites for hydroxylation is 1. The lowest BCUT2D eigenvalue weighted by molar-refractivity contribution is 0.415. The molecule has 0 spiro atoms. The minimum atomic E-state index is 0.660. The number of hydrogen-bond acceptors (Lipinski definition) is 4. The topological polar surface area (TPSA) is 52.0 Å². The van der Waals surface area contributed by atoms with Crippen LogP contribution in [0.15, 0.2) is 30.6 Å². The number of methoxy groups -OCH3 is 1. The third-order valence-electron chi connectivity index (χ3n) is 2.65. The quantitative estimate of drug-likeness (QED) is 0.849. The van der Waals surface area contributed by atoms with Crippen molar-refractivity contribution in [3.8, 4) is 5.75 Å². The Hall–Kier alpha value is -2.04. The molecule has 5 heteroatoms. The van der Waals surface area contributed by atoms with Crippen LogP contribution in [0.2, 0.25) is 0 Å². The summed E-state index contributed by atoms with van der Waals surface area (Å²) in [5.41, 5.74) is 1.01. The highest BCUT2D eigenvalue weighted by Gasteiger charge is 2.03. The van der Waals surface area contributed by atoms with Crippen LogP contribution < -0.4 is 10.1 Å². The van der Waals surface area contributed by atoms with Crippen LogP contribution in [-0.4, -0.2) is 21.9 Å². The van der Waals surface area contributed by atoms with Crippen LogP contribution in [0, 0.1) is 0 Å². The molecule has 0 aliphatic rings. The van der Waals surface area contributed by atoms with E-state index in [0.717, 1.165) is 30.2 Å². The number of hydrogen-bond donors (Lipinski definition) is 1. The third kappa shape index (κ3) is 3.00. The van der Waals surface area contributed by atoms with Crippen molar-refractivity contribution in [1.82, 2.24) is 14.8 Å². The van der Waals surface area contributed by atoms with E-state index < -0.39 is 0 Å². The van der Waals surface area contributed by atoms with Crippen molar-refractivity contribution in [3.05, 3.63) is 36.4 Å². The average molecular weight is 246 g/mol. The highest BCUT2D eigenvalue weighted by atomic mass is 16.5. The lowest BCUT2D eigenvalue weighted by atomic mass is 10.3. The van der Waals surface area contributed by atoms with Gasteiger partial charge in [0.25, 0.3) is 0 Å². The molecule has 0 radical (unpaired) electrons. The van der Waals surface area contributed by atoms with E-state index >= 15 is 0 Å². The second-order valence-corrected chi connectivity index (χ2v) is 3.98. The van der Waals surface area contributed by atoms with E-state index in [1.807, 2.05) is 28.9 Å². The number of nitrogens with one attached hydrogen (secondary N) is 1. The zero-order chi connectivity index (χ0) is 12.8. The van der Waals surface area contributed by atoms with Gasteiger partial charge in [0.05, 0.1) is 13.7 Å². The first-order valence-electron chi connectivity index (χ1n) is 6.08. The zero-order valence-electron chi connectivity index (χ0n) is 10.8. The molecule has 1 N–H and O–H groups in total. The molecular formula is C13H18N4O. The molecule has 0 bridgehead atoms. The van der Waals surface area contributed by atoms with Gasteiger partial charge in [-0.15, -0.1) is 0 Å². The Morgan fingerprint density at radius 2 is 2.28 bits per heavy atom. The summed E-state index contributed by atoms with van der Waals surface area (Å²) in [6, 6.07) is 7.84. The lowest BCUT2D eigenvalue weighted by Crippen LogP contribution is -2.10. The number of anilines is 1. The molecule has 0 fully saturated rings. The van der Waals surface area contributed by atoms with Gasteiger partial charge in [-0.1, -0.05) is 13.0 Å². The Balaban J connectivity index is 1.99. The molecule has 0 amide bonds. The Labute approximate surface area is 107 Å². The van der Waals surface area contributed by atoms with Crippen molar-refractivity contribution in [1.29, 1.82) is 0 Å². The van der Waals surface area contributed by atoms with Crippen molar-refractivity contribution < 1.29 is 4.74 Å². The van der Waals surface area contributed by atoms with Crippen LogP contribution in [0.1, 0.15) is 19.2 Å². The lowest BCUT2D eigenvalue weighted by Gasteiger charge is -2.08. The summed E-state index contributed by atoms with van der Waals surface area (Å²) in [4.78, 5) is 4.25. The Bertz CT molecular complexity index is 495. The van der Waals surface area contributed by atoms with Gasteiger partial charge in [0.2, 0.25) is 0 Å². The van der Waals surface area contributed by atoms with Crippen LogP contribution in [0.3, 0.4) is 0 Å². The van der Waals surface area contributed by atoms with Gasteiger partial charge in [-0.2, -0.15) is 5.10 Å². The second-order valence-electron chi connectivity index (χ2n) is 3.98. The summed E-state index contributed by atoms with van der Waals surface area (Å²) in [5, 5.41) is 7.51. The SMILES string of the molecule is CCCn1ncnc1CNc1cccc(OC)c1. The molecule has 0 atom stereocenters. The molecule has 0 unspecified atom stereocenters. The highest BCUT2D eigenvalue weighted by molar-refractivity contribution is 5.48. The van der Waals surface area contributed by atoms with E-state index in [-0.39, 0.29) is 0 Å². The van der Waals surface area contributed by atoms with Gasteiger partial charge in [0.1, 0.15) is 17.9 Å². The average Bonchev–Trinajstić information content (AvgIpc) is 2.85. The van der Waals surface area contributed by atoms with Gasteiger partial charge in [0.15, 0.2) is 0 Å². The second kappa shape index (κ2) is 6.05. The maximum absolute atomic E-state index is 5.18. The standard InChI is InChI=1S/C13H18N4O/c1-3-7-17-13(15-10-16-17)9-14-11-5-4-6-12(8-11)18-2/h4-6,8,10,14H,3,7,9H2,1-2H3. The molecule has 5 nitrogen and oxygen atoms in total. The van der Waals surface area contributed by atoms with Crippen molar-refractivity contribution >= 4 is 5.69 Å². The molecular weight excluding hydrogens is 228 g/mol. The van der Waals surface area contributed by atoms with Crippen molar-refractivity contribution in [3.63, 3.8) is 0 Å². The fraction of sp³-hybridized carbons (Fsp3) is 0.385. The van der Waals surface area contributed by atoms with Gasteiger partial charge < -0.3 is 10.1 Å². The number of aromatic nitrogens is 3. The maximum atomic E-state index is 5.18. The Morgan fingerprint density at radius 1 is 1.39 bits per heavy atom. The van der Waals surface area contributed by atoms with Gasteiger partial charge in [-0.3, -0.25) is 0 Å². The van der Waals surface area contributed by atoms with Crippen molar-refractivity contribution in [2.45, 2.75) is 26.4 Å². The molecule has 1 aromatic heterocycles. The molecule has 18 heavy (non-hydrogen) atoms. The number of rotatable bonds is 6. The fourth-order valence-corrected chi connectivity index (χ4v) is 1.74. The smallest absolute Gasteiger partial charge is 0.146 e. The summed E-state index contributed by atoms with van der Waals surface area (Å²) in [6.07, 6.45) is 2.65. The molecule has 0 saturated heterocycles. The van der Waals surface area contributed by atoms with Gasteiger partial charge in [0, 0.05) is 18.3 Å². The zero-order valence-corrected chi connectivity index (χ0v) is 10.8. The molecule has 0 aliphatic heterocycles. The summed E-state index contributed by atoms with van der Waals surface area (Å²) in [6.45, 7) is 3.68. The van der Waals surface area contributed by atoms with Crippen LogP contribution in [-0.2, 0) is 13.1 Å². The number of benzene rings is 1. The number of ether oxygens (including phenoxy) is 1. The van der Waals surface area contributed by atoms with Crippen LogP contribution in [0.4, 0.5) is 5.69 Å². The van der Waals surface area contributed by atoms with Gasteiger partial charge in [-0.05, 0) is 18.6 Å². The predicted molar refractivity (Wildman–Crippen MR) is 70.6 cm³/mol. The molecule has 0 aliphatic carbocycles. The predicted octanol–water partition coefficient (Wildman–Crippen LogP) is 2.31. The van der Waals surface area contributed by atoms with E-state index in [4.69, 9.17) is 4.74 Å². The Morgan fingerprint density at radius 3 is 3.06 bits per heavy atom. The van der Waals surface area contributed by atoms with E-state index in [0.29, 0.717) is 6.54 Å². The van der Waals surface area contributed by atoms with Crippen LogP contribution in [0.25, 0.3) is 0 Å².